The van der Waals surface area contributed by atoms with Crippen LogP contribution in [0.4, 0.5) is 0 Å². The van der Waals surface area contributed by atoms with Gasteiger partial charge in [-0.2, -0.15) is 0 Å². The standard InChI is InChI=1S/C17H21N3O3.2ClH/c1-18-11-12-20(2)17(21)13-22-14-6-8-15(9-7-14)23-16-5-3-4-10-19-16;;/h3-10,18H,11-13H2,1-2H3;2*1H. The van der Waals surface area contributed by atoms with Crippen molar-refractivity contribution in [1.29, 1.82) is 0 Å². The Balaban J connectivity index is 0.00000288. The summed E-state index contributed by atoms with van der Waals surface area (Å²) in [4.78, 5) is 17.6. The molecule has 1 heterocycles. The van der Waals surface area contributed by atoms with Gasteiger partial charge in [0.15, 0.2) is 6.61 Å². The fraction of sp³-hybridized carbons (Fsp3) is 0.294. The van der Waals surface area contributed by atoms with Gasteiger partial charge >= 0.3 is 0 Å². The van der Waals surface area contributed by atoms with Crippen LogP contribution in [0, 0.1) is 0 Å². The molecule has 138 valence electrons. The van der Waals surface area contributed by atoms with Gasteiger partial charge in [0.1, 0.15) is 11.5 Å². The zero-order chi connectivity index (χ0) is 16.5. The maximum atomic E-state index is 11.9. The van der Waals surface area contributed by atoms with Crippen LogP contribution < -0.4 is 14.8 Å². The number of rotatable bonds is 8. The molecule has 6 nitrogen and oxygen atoms in total. The highest BCUT2D eigenvalue weighted by Gasteiger charge is 2.09. The molecule has 0 fully saturated rings. The number of aromatic nitrogens is 1. The lowest BCUT2D eigenvalue weighted by Gasteiger charge is -2.17. The van der Waals surface area contributed by atoms with E-state index in [2.05, 4.69) is 10.3 Å². The topological polar surface area (TPSA) is 63.7 Å². The number of hydrogen-bond donors (Lipinski definition) is 1. The lowest BCUT2D eigenvalue weighted by Crippen LogP contribution is -2.35. The molecule has 1 aromatic carbocycles. The molecule has 0 spiro atoms. The quantitative estimate of drug-likeness (QED) is 0.754. The summed E-state index contributed by atoms with van der Waals surface area (Å²) in [5, 5.41) is 3.00. The number of nitrogens with one attached hydrogen (secondary N) is 1. The summed E-state index contributed by atoms with van der Waals surface area (Å²) in [7, 11) is 3.61. The smallest absolute Gasteiger partial charge is 0.260 e. The van der Waals surface area contributed by atoms with Crippen molar-refractivity contribution in [2.45, 2.75) is 0 Å². The molecule has 25 heavy (non-hydrogen) atoms. The van der Waals surface area contributed by atoms with E-state index in [1.54, 1.807) is 48.5 Å². The fourth-order valence-electron chi connectivity index (χ4n) is 1.79. The van der Waals surface area contributed by atoms with Gasteiger partial charge in [0.2, 0.25) is 5.88 Å². The first kappa shape index (κ1) is 23.0. The summed E-state index contributed by atoms with van der Waals surface area (Å²) >= 11 is 0. The molecule has 0 aliphatic rings. The molecule has 1 N–H and O–H groups in total. The number of carbonyl (C=O) groups excluding carboxylic acids is 1. The molecular formula is C17H23Cl2N3O3. The molecule has 0 radical (unpaired) electrons. The predicted octanol–water partition coefficient (Wildman–Crippen LogP) is 2.77. The third-order valence-corrected chi connectivity index (χ3v) is 3.17. The van der Waals surface area contributed by atoms with Crippen molar-refractivity contribution >= 4 is 30.7 Å². The summed E-state index contributed by atoms with van der Waals surface area (Å²) in [5.74, 6) is 1.75. The molecule has 8 heteroatoms. The van der Waals surface area contributed by atoms with Gasteiger partial charge in [0.25, 0.3) is 5.91 Å². The van der Waals surface area contributed by atoms with Crippen molar-refractivity contribution in [3.8, 4) is 17.4 Å². The van der Waals surface area contributed by atoms with E-state index in [0.29, 0.717) is 23.9 Å². The normalized spacial score (nSPS) is 9.36. The third-order valence-electron chi connectivity index (χ3n) is 3.17. The Labute approximate surface area is 160 Å². The fourth-order valence-corrected chi connectivity index (χ4v) is 1.79. The van der Waals surface area contributed by atoms with Gasteiger partial charge in [-0.25, -0.2) is 4.98 Å². The average Bonchev–Trinajstić information content (AvgIpc) is 2.59. The molecular weight excluding hydrogens is 365 g/mol. The number of nitrogens with zero attached hydrogens (tertiary/aromatic N) is 2. The van der Waals surface area contributed by atoms with Crippen molar-refractivity contribution in [3.63, 3.8) is 0 Å². The van der Waals surface area contributed by atoms with Gasteiger partial charge in [0.05, 0.1) is 0 Å². The van der Waals surface area contributed by atoms with Gasteiger partial charge in [-0.1, -0.05) is 6.07 Å². The minimum Gasteiger partial charge on any atom is -0.484 e. The Hall–Kier alpha value is -2.02. The SMILES string of the molecule is CNCCN(C)C(=O)COc1ccc(Oc2ccccn2)cc1.Cl.Cl. The molecule has 0 saturated heterocycles. The first-order valence-corrected chi connectivity index (χ1v) is 7.39. The highest BCUT2D eigenvalue weighted by atomic mass is 35.5. The van der Waals surface area contributed by atoms with Crippen molar-refractivity contribution in [2.75, 3.05) is 33.8 Å². The third kappa shape index (κ3) is 8.07. The zero-order valence-electron chi connectivity index (χ0n) is 14.2. The number of likely N-dealkylation sites (N-methyl/N-ethyl adjacent to an activating group) is 2. The molecule has 0 aliphatic heterocycles. The molecule has 2 rings (SSSR count). The van der Waals surface area contributed by atoms with Crippen LogP contribution in [0.1, 0.15) is 0 Å². The molecule has 1 amide bonds. The van der Waals surface area contributed by atoms with Crippen LogP contribution in [0.3, 0.4) is 0 Å². The first-order chi connectivity index (χ1) is 11.2. The molecule has 0 unspecified atom stereocenters. The van der Waals surface area contributed by atoms with Gasteiger partial charge in [-0.15, -0.1) is 24.8 Å². The van der Waals surface area contributed by atoms with Gasteiger partial charge < -0.3 is 19.7 Å². The molecule has 0 bridgehead atoms. The minimum atomic E-state index is -0.0611. The van der Waals surface area contributed by atoms with Crippen molar-refractivity contribution < 1.29 is 14.3 Å². The predicted molar refractivity (Wildman–Crippen MR) is 102 cm³/mol. The van der Waals surface area contributed by atoms with Crippen LogP contribution in [-0.4, -0.2) is 49.6 Å². The summed E-state index contributed by atoms with van der Waals surface area (Å²) in [5.41, 5.74) is 0. The summed E-state index contributed by atoms with van der Waals surface area (Å²) in [6.07, 6.45) is 1.67. The molecule has 1 aromatic heterocycles. The van der Waals surface area contributed by atoms with Crippen LogP contribution in [0.25, 0.3) is 0 Å². The summed E-state index contributed by atoms with van der Waals surface area (Å²) < 4.78 is 11.1. The number of benzene rings is 1. The van der Waals surface area contributed by atoms with Gasteiger partial charge in [-0.05, 0) is 37.4 Å². The van der Waals surface area contributed by atoms with Crippen LogP contribution in [0.15, 0.2) is 48.7 Å². The van der Waals surface area contributed by atoms with E-state index in [1.807, 2.05) is 19.2 Å². The highest BCUT2D eigenvalue weighted by molar-refractivity contribution is 5.85. The molecule has 0 aliphatic carbocycles. The number of halogens is 2. The van der Waals surface area contributed by atoms with Gasteiger partial charge in [-0.3, -0.25) is 4.79 Å². The van der Waals surface area contributed by atoms with Crippen molar-refractivity contribution in [2.24, 2.45) is 0 Å². The number of carbonyl (C=O) groups is 1. The summed E-state index contributed by atoms with van der Waals surface area (Å²) in [6, 6.07) is 12.5. The maximum Gasteiger partial charge on any atom is 0.260 e. The second-order valence-corrected chi connectivity index (χ2v) is 4.95. The largest absolute Gasteiger partial charge is 0.484 e. The van der Waals surface area contributed by atoms with E-state index in [0.717, 1.165) is 6.54 Å². The van der Waals surface area contributed by atoms with E-state index in [4.69, 9.17) is 9.47 Å². The van der Waals surface area contributed by atoms with Crippen molar-refractivity contribution in [1.82, 2.24) is 15.2 Å². The van der Waals surface area contributed by atoms with Crippen LogP contribution in [0.5, 0.6) is 17.4 Å². The zero-order valence-corrected chi connectivity index (χ0v) is 15.8. The minimum absolute atomic E-state index is 0. The number of amides is 1. The molecule has 0 saturated carbocycles. The Morgan fingerprint density at radius 1 is 1.12 bits per heavy atom. The lowest BCUT2D eigenvalue weighted by atomic mass is 10.3. The van der Waals surface area contributed by atoms with E-state index in [9.17, 15) is 4.79 Å². The molecule has 0 atom stereocenters. The number of ether oxygens (including phenoxy) is 2. The number of hydrogen-bond acceptors (Lipinski definition) is 5. The Morgan fingerprint density at radius 2 is 1.80 bits per heavy atom. The summed E-state index contributed by atoms with van der Waals surface area (Å²) in [6.45, 7) is 1.41. The molecule has 2 aromatic rings. The van der Waals surface area contributed by atoms with Crippen LogP contribution in [-0.2, 0) is 4.79 Å². The average molecular weight is 388 g/mol. The Kier molecular flexibility index (Phi) is 11.4. The first-order valence-electron chi connectivity index (χ1n) is 7.39. The van der Waals surface area contributed by atoms with E-state index in [1.165, 1.54) is 0 Å². The van der Waals surface area contributed by atoms with Crippen LogP contribution in [0.2, 0.25) is 0 Å². The van der Waals surface area contributed by atoms with Crippen molar-refractivity contribution in [3.05, 3.63) is 48.7 Å². The maximum absolute atomic E-state index is 11.9. The Morgan fingerprint density at radius 3 is 2.40 bits per heavy atom. The van der Waals surface area contributed by atoms with E-state index in [-0.39, 0.29) is 37.3 Å². The van der Waals surface area contributed by atoms with Gasteiger partial charge in [0, 0.05) is 32.4 Å². The Bertz CT molecular complexity index is 612. The van der Waals surface area contributed by atoms with E-state index < -0.39 is 0 Å². The highest BCUT2D eigenvalue weighted by Crippen LogP contribution is 2.22. The number of pyridine rings is 1. The van der Waals surface area contributed by atoms with Crippen LogP contribution >= 0.6 is 24.8 Å². The second-order valence-electron chi connectivity index (χ2n) is 4.95. The lowest BCUT2D eigenvalue weighted by molar-refractivity contribution is -0.131. The monoisotopic (exact) mass is 387 g/mol. The second kappa shape index (κ2) is 12.4. The van der Waals surface area contributed by atoms with E-state index >= 15 is 0 Å².